The van der Waals surface area contributed by atoms with Crippen molar-refractivity contribution in [1.82, 2.24) is 4.57 Å². The van der Waals surface area contributed by atoms with E-state index in [0.717, 1.165) is 5.69 Å². The number of likely N-dealkylation sites (N-methyl/N-ethyl adjacent to an activating group) is 1. The van der Waals surface area contributed by atoms with Gasteiger partial charge >= 0.3 is 0 Å². The normalized spacial score (nSPS) is 10.1. The second-order valence-corrected chi connectivity index (χ2v) is 3.64. The molecule has 16 heavy (non-hydrogen) atoms. The van der Waals surface area contributed by atoms with E-state index < -0.39 is 0 Å². The van der Waals surface area contributed by atoms with E-state index in [9.17, 15) is 4.79 Å². The monoisotopic (exact) mass is 214 g/mol. The molecule has 2 aromatic rings. The average molecular weight is 214 g/mol. The highest BCUT2D eigenvalue weighted by Crippen LogP contribution is 2.11. The molecule has 0 aliphatic heterocycles. The van der Waals surface area contributed by atoms with Crippen molar-refractivity contribution in [2.75, 3.05) is 11.9 Å². The van der Waals surface area contributed by atoms with Crippen LogP contribution in [0.5, 0.6) is 0 Å². The topological polar surface area (TPSA) is 25.2 Å². The lowest BCUT2D eigenvalue weighted by Crippen LogP contribution is -2.29. The summed E-state index contributed by atoms with van der Waals surface area (Å²) in [5.74, 6) is 0.0717. The second kappa shape index (κ2) is 4.66. The summed E-state index contributed by atoms with van der Waals surface area (Å²) >= 11 is 0. The Kier molecular flexibility index (Phi) is 3.05. The van der Waals surface area contributed by atoms with Gasteiger partial charge in [0.05, 0.1) is 0 Å². The van der Waals surface area contributed by atoms with Gasteiger partial charge in [-0.25, -0.2) is 0 Å². The van der Waals surface area contributed by atoms with E-state index in [0.29, 0.717) is 6.54 Å². The van der Waals surface area contributed by atoms with Gasteiger partial charge in [-0.3, -0.25) is 4.79 Å². The molecule has 0 spiro atoms. The third-order valence-electron chi connectivity index (χ3n) is 2.50. The Morgan fingerprint density at radius 3 is 2.38 bits per heavy atom. The molecule has 3 nitrogen and oxygen atoms in total. The Bertz CT molecular complexity index is 448. The summed E-state index contributed by atoms with van der Waals surface area (Å²) in [6.07, 6.45) is 3.77. The van der Waals surface area contributed by atoms with E-state index in [-0.39, 0.29) is 5.91 Å². The number of amides is 1. The van der Waals surface area contributed by atoms with Crippen LogP contribution in [0.4, 0.5) is 5.69 Å². The molecular weight excluding hydrogens is 200 g/mol. The highest BCUT2D eigenvalue weighted by Gasteiger charge is 2.10. The minimum atomic E-state index is 0.0717. The van der Waals surface area contributed by atoms with Gasteiger partial charge in [0.25, 0.3) is 0 Å². The highest BCUT2D eigenvalue weighted by molar-refractivity contribution is 5.92. The molecule has 1 aromatic heterocycles. The van der Waals surface area contributed by atoms with Crippen molar-refractivity contribution in [3.63, 3.8) is 0 Å². The molecule has 0 saturated heterocycles. The van der Waals surface area contributed by atoms with E-state index in [1.54, 1.807) is 11.9 Å². The van der Waals surface area contributed by atoms with Crippen LogP contribution in [0.3, 0.4) is 0 Å². The number of benzene rings is 1. The molecule has 0 radical (unpaired) electrons. The average Bonchev–Trinajstić information content (AvgIpc) is 2.82. The molecule has 1 heterocycles. The molecule has 1 aromatic carbocycles. The van der Waals surface area contributed by atoms with E-state index in [4.69, 9.17) is 0 Å². The molecular formula is C13H14N2O. The first-order chi connectivity index (χ1) is 7.77. The van der Waals surface area contributed by atoms with Crippen molar-refractivity contribution in [2.24, 2.45) is 0 Å². The Labute approximate surface area is 94.9 Å². The number of anilines is 1. The number of para-hydroxylation sites is 1. The number of hydrogen-bond acceptors (Lipinski definition) is 1. The highest BCUT2D eigenvalue weighted by atomic mass is 16.2. The Morgan fingerprint density at radius 2 is 1.75 bits per heavy atom. The van der Waals surface area contributed by atoms with Gasteiger partial charge in [-0.05, 0) is 24.3 Å². The van der Waals surface area contributed by atoms with Crippen LogP contribution in [-0.4, -0.2) is 17.5 Å². The maximum Gasteiger partial charge on any atom is 0.246 e. The zero-order chi connectivity index (χ0) is 11.4. The molecule has 0 aliphatic carbocycles. The molecule has 2 rings (SSSR count). The number of carbonyl (C=O) groups excluding carboxylic acids is 1. The minimum absolute atomic E-state index is 0.0717. The van der Waals surface area contributed by atoms with Crippen molar-refractivity contribution in [3.05, 3.63) is 54.9 Å². The Hall–Kier alpha value is -2.03. The van der Waals surface area contributed by atoms with E-state index in [1.165, 1.54) is 0 Å². The smallest absolute Gasteiger partial charge is 0.246 e. The van der Waals surface area contributed by atoms with Crippen molar-refractivity contribution in [2.45, 2.75) is 6.54 Å². The van der Waals surface area contributed by atoms with Gasteiger partial charge in [0.15, 0.2) is 0 Å². The first-order valence-electron chi connectivity index (χ1n) is 5.20. The quantitative estimate of drug-likeness (QED) is 0.768. The fourth-order valence-electron chi connectivity index (χ4n) is 1.53. The summed E-state index contributed by atoms with van der Waals surface area (Å²) < 4.78 is 1.86. The Balaban J connectivity index is 2.05. The minimum Gasteiger partial charge on any atom is -0.345 e. The first-order valence-corrected chi connectivity index (χ1v) is 5.20. The molecule has 82 valence electrons. The summed E-state index contributed by atoms with van der Waals surface area (Å²) in [7, 11) is 1.79. The van der Waals surface area contributed by atoms with Crippen molar-refractivity contribution < 1.29 is 4.79 Å². The molecule has 0 N–H and O–H groups in total. The molecule has 0 fully saturated rings. The SMILES string of the molecule is CN(C(=O)Cn1cccc1)c1ccccc1. The van der Waals surface area contributed by atoms with Crippen LogP contribution in [0.2, 0.25) is 0 Å². The van der Waals surface area contributed by atoms with E-state index in [1.807, 2.05) is 59.4 Å². The zero-order valence-corrected chi connectivity index (χ0v) is 9.21. The molecule has 0 atom stereocenters. The van der Waals surface area contributed by atoms with E-state index in [2.05, 4.69) is 0 Å². The van der Waals surface area contributed by atoms with Crippen LogP contribution >= 0.6 is 0 Å². The number of hydrogen-bond donors (Lipinski definition) is 0. The molecule has 0 unspecified atom stereocenters. The summed E-state index contributed by atoms with van der Waals surface area (Å²) in [4.78, 5) is 13.6. The van der Waals surface area contributed by atoms with Crippen LogP contribution < -0.4 is 4.90 Å². The molecule has 0 bridgehead atoms. The van der Waals surface area contributed by atoms with Crippen LogP contribution in [0.1, 0.15) is 0 Å². The first kappa shape index (κ1) is 10.5. The predicted octanol–water partition coefficient (Wildman–Crippen LogP) is 2.15. The van der Waals surface area contributed by atoms with Gasteiger partial charge in [0.1, 0.15) is 6.54 Å². The molecule has 3 heteroatoms. The fraction of sp³-hybridized carbons (Fsp3) is 0.154. The van der Waals surface area contributed by atoms with Crippen LogP contribution in [-0.2, 0) is 11.3 Å². The van der Waals surface area contributed by atoms with Crippen LogP contribution in [0, 0.1) is 0 Å². The van der Waals surface area contributed by atoms with Gasteiger partial charge < -0.3 is 9.47 Å². The summed E-state index contributed by atoms with van der Waals surface area (Å²) in [6.45, 7) is 0.373. The zero-order valence-electron chi connectivity index (χ0n) is 9.21. The van der Waals surface area contributed by atoms with Crippen molar-refractivity contribution in [3.8, 4) is 0 Å². The lowest BCUT2D eigenvalue weighted by atomic mass is 10.3. The maximum atomic E-state index is 11.9. The molecule has 1 amide bonds. The predicted molar refractivity (Wildman–Crippen MR) is 64.3 cm³/mol. The van der Waals surface area contributed by atoms with Gasteiger partial charge in [-0.1, -0.05) is 18.2 Å². The standard InChI is InChI=1S/C13H14N2O/c1-14(12-7-3-2-4-8-12)13(16)11-15-9-5-6-10-15/h2-10H,11H2,1H3. The van der Waals surface area contributed by atoms with E-state index >= 15 is 0 Å². The van der Waals surface area contributed by atoms with Gasteiger partial charge in [-0.15, -0.1) is 0 Å². The fourth-order valence-corrected chi connectivity index (χ4v) is 1.53. The van der Waals surface area contributed by atoms with Gasteiger partial charge in [-0.2, -0.15) is 0 Å². The summed E-state index contributed by atoms with van der Waals surface area (Å²) in [6, 6.07) is 13.5. The number of aromatic nitrogens is 1. The van der Waals surface area contributed by atoms with Gasteiger partial charge in [0.2, 0.25) is 5.91 Å². The number of rotatable bonds is 3. The summed E-state index contributed by atoms with van der Waals surface area (Å²) in [5.41, 5.74) is 0.916. The third kappa shape index (κ3) is 2.31. The molecule has 0 aliphatic rings. The van der Waals surface area contributed by atoms with Crippen LogP contribution in [0.15, 0.2) is 54.9 Å². The maximum absolute atomic E-state index is 11.9. The van der Waals surface area contributed by atoms with Crippen molar-refractivity contribution in [1.29, 1.82) is 0 Å². The number of carbonyl (C=O) groups is 1. The second-order valence-electron chi connectivity index (χ2n) is 3.64. The largest absolute Gasteiger partial charge is 0.345 e. The van der Waals surface area contributed by atoms with Crippen LogP contribution in [0.25, 0.3) is 0 Å². The van der Waals surface area contributed by atoms with Crippen molar-refractivity contribution >= 4 is 11.6 Å². The lowest BCUT2D eigenvalue weighted by Gasteiger charge is -2.17. The Morgan fingerprint density at radius 1 is 1.12 bits per heavy atom. The summed E-state index contributed by atoms with van der Waals surface area (Å²) in [5, 5.41) is 0. The lowest BCUT2D eigenvalue weighted by molar-refractivity contribution is -0.118. The molecule has 0 saturated carbocycles. The van der Waals surface area contributed by atoms with Gasteiger partial charge in [0, 0.05) is 25.1 Å². The third-order valence-corrected chi connectivity index (χ3v) is 2.50. The number of nitrogens with zero attached hydrogens (tertiary/aromatic N) is 2.